The summed E-state index contributed by atoms with van der Waals surface area (Å²) >= 11 is 0. The molecule has 0 N–H and O–H groups in total. The molecule has 1 heterocycles. The van der Waals surface area contributed by atoms with Crippen molar-refractivity contribution in [1.82, 2.24) is 4.98 Å². The number of aromatic nitrogens is 1. The van der Waals surface area contributed by atoms with E-state index in [1.807, 2.05) is 25.1 Å². The summed E-state index contributed by atoms with van der Waals surface area (Å²) in [4.78, 5) is 15.4. The molecule has 13 heavy (non-hydrogen) atoms. The second-order valence-corrected chi connectivity index (χ2v) is 3.30. The number of aryl methyl sites for hydroxylation is 1. The maximum absolute atomic E-state index is 11.0. The lowest BCUT2D eigenvalue weighted by molar-refractivity contribution is -0.114. The number of rotatable bonds is 1. The van der Waals surface area contributed by atoms with Crippen LogP contribution in [0.3, 0.4) is 0 Å². The topological polar surface area (TPSA) is 30.0 Å². The summed E-state index contributed by atoms with van der Waals surface area (Å²) in [7, 11) is 0. The fourth-order valence-electron chi connectivity index (χ4n) is 1.52. The van der Waals surface area contributed by atoms with Crippen molar-refractivity contribution in [3.63, 3.8) is 0 Å². The molecule has 1 aromatic rings. The molecule has 0 saturated heterocycles. The quantitative estimate of drug-likeness (QED) is 0.651. The third-order valence-electron chi connectivity index (χ3n) is 2.19. The molecule has 0 aliphatic heterocycles. The van der Waals surface area contributed by atoms with Crippen LogP contribution in [0.25, 0.3) is 5.57 Å². The molecule has 0 amide bonds. The molecule has 0 saturated carbocycles. The highest BCUT2D eigenvalue weighted by molar-refractivity contribution is 6.01. The molecule has 1 aliphatic carbocycles. The van der Waals surface area contributed by atoms with Gasteiger partial charge >= 0.3 is 0 Å². The van der Waals surface area contributed by atoms with Crippen molar-refractivity contribution >= 4 is 11.4 Å². The van der Waals surface area contributed by atoms with Gasteiger partial charge in [0.2, 0.25) is 0 Å². The van der Waals surface area contributed by atoms with Gasteiger partial charge in [0.25, 0.3) is 0 Å². The Hall–Kier alpha value is -1.44. The van der Waals surface area contributed by atoms with Crippen molar-refractivity contribution in [2.45, 2.75) is 19.8 Å². The fraction of sp³-hybridized carbons (Fsp3) is 0.273. The van der Waals surface area contributed by atoms with E-state index in [9.17, 15) is 4.79 Å². The van der Waals surface area contributed by atoms with Crippen molar-refractivity contribution in [1.29, 1.82) is 0 Å². The molecular weight excluding hydrogens is 162 g/mol. The van der Waals surface area contributed by atoms with Crippen LogP contribution in [0.5, 0.6) is 0 Å². The number of pyridine rings is 1. The van der Waals surface area contributed by atoms with Crippen LogP contribution < -0.4 is 0 Å². The maximum Gasteiger partial charge on any atom is 0.156 e. The molecule has 2 nitrogen and oxygen atoms in total. The third-order valence-corrected chi connectivity index (χ3v) is 2.19. The van der Waals surface area contributed by atoms with E-state index in [1.165, 1.54) is 0 Å². The zero-order valence-electron chi connectivity index (χ0n) is 7.58. The second kappa shape index (κ2) is 3.13. The molecule has 2 heteroatoms. The van der Waals surface area contributed by atoms with Crippen molar-refractivity contribution < 1.29 is 4.79 Å². The number of hydrogen-bond donors (Lipinski definition) is 0. The van der Waals surface area contributed by atoms with E-state index in [2.05, 4.69) is 4.98 Å². The fourth-order valence-corrected chi connectivity index (χ4v) is 1.52. The highest BCUT2D eigenvalue weighted by atomic mass is 16.1. The molecule has 66 valence electrons. The zero-order valence-corrected chi connectivity index (χ0v) is 7.58. The van der Waals surface area contributed by atoms with E-state index in [-0.39, 0.29) is 5.78 Å². The van der Waals surface area contributed by atoms with Gasteiger partial charge in [0.05, 0.1) is 5.69 Å². The minimum atomic E-state index is 0.221. The van der Waals surface area contributed by atoms with Gasteiger partial charge in [-0.05, 0) is 37.1 Å². The Balaban J connectivity index is 2.36. The number of ketones is 1. The van der Waals surface area contributed by atoms with Crippen LogP contribution in [0, 0.1) is 6.92 Å². The Bertz CT molecular complexity index is 379. The van der Waals surface area contributed by atoms with Gasteiger partial charge in [0.1, 0.15) is 0 Å². The van der Waals surface area contributed by atoms with E-state index >= 15 is 0 Å². The van der Waals surface area contributed by atoms with Crippen molar-refractivity contribution in [3.8, 4) is 0 Å². The molecule has 0 spiro atoms. The van der Waals surface area contributed by atoms with Gasteiger partial charge < -0.3 is 0 Å². The van der Waals surface area contributed by atoms with E-state index in [4.69, 9.17) is 0 Å². The van der Waals surface area contributed by atoms with Crippen LogP contribution in [0.2, 0.25) is 0 Å². The smallest absolute Gasteiger partial charge is 0.156 e. The third kappa shape index (κ3) is 1.66. The minimum Gasteiger partial charge on any atom is -0.295 e. The Morgan fingerprint density at radius 3 is 2.77 bits per heavy atom. The average molecular weight is 173 g/mol. The van der Waals surface area contributed by atoms with Crippen molar-refractivity contribution in [2.24, 2.45) is 0 Å². The van der Waals surface area contributed by atoms with E-state index < -0.39 is 0 Å². The lowest BCUT2D eigenvalue weighted by atomic mass is 10.1. The standard InChI is InChI=1S/C11H11NO/c1-8-3-2-4-11(12-8)9-5-6-10(13)7-9/h2-4,7H,5-6H2,1H3. The van der Waals surface area contributed by atoms with Crippen LogP contribution in [0.4, 0.5) is 0 Å². The van der Waals surface area contributed by atoms with Crippen LogP contribution in [-0.4, -0.2) is 10.8 Å². The van der Waals surface area contributed by atoms with Gasteiger partial charge in [-0.25, -0.2) is 0 Å². The van der Waals surface area contributed by atoms with Gasteiger partial charge in [-0.2, -0.15) is 0 Å². The van der Waals surface area contributed by atoms with Crippen LogP contribution >= 0.6 is 0 Å². The SMILES string of the molecule is Cc1cccc(C2=CC(=O)CC2)n1. The van der Waals surface area contributed by atoms with Crippen LogP contribution in [-0.2, 0) is 4.79 Å². The predicted octanol–water partition coefficient (Wildman–Crippen LogP) is 2.14. The van der Waals surface area contributed by atoms with Gasteiger partial charge in [0, 0.05) is 12.1 Å². The summed E-state index contributed by atoms with van der Waals surface area (Å²) in [5.41, 5.74) is 3.03. The lowest BCUT2D eigenvalue weighted by Gasteiger charge is -2.00. The number of hydrogen-bond acceptors (Lipinski definition) is 2. The lowest BCUT2D eigenvalue weighted by Crippen LogP contribution is -1.88. The van der Waals surface area contributed by atoms with E-state index in [0.717, 1.165) is 23.4 Å². The molecule has 1 aliphatic rings. The molecule has 2 rings (SSSR count). The Morgan fingerprint density at radius 1 is 1.31 bits per heavy atom. The summed E-state index contributed by atoms with van der Waals surface area (Å²) in [5, 5.41) is 0. The summed E-state index contributed by atoms with van der Waals surface area (Å²) in [6.45, 7) is 1.96. The first kappa shape index (κ1) is 8.17. The van der Waals surface area contributed by atoms with Gasteiger partial charge in [-0.3, -0.25) is 9.78 Å². The van der Waals surface area contributed by atoms with Crippen LogP contribution in [0.1, 0.15) is 24.2 Å². The number of carbonyl (C=O) groups is 1. The summed E-state index contributed by atoms with van der Waals surface area (Å²) < 4.78 is 0. The second-order valence-electron chi connectivity index (χ2n) is 3.30. The molecule has 1 aromatic heterocycles. The average Bonchev–Trinajstić information content (AvgIpc) is 2.52. The highest BCUT2D eigenvalue weighted by Crippen LogP contribution is 2.24. The summed E-state index contributed by atoms with van der Waals surface area (Å²) in [5.74, 6) is 0.221. The molecule has 0 bridgehead atoms. The monoisotopic (exact) mass is 173 g/mol. The normalized spacial score (nSPS) is 16.1. The molecule has 0 atom stereocenters. The predicted molar refractivity (Wildman–Crippen MR) is 51.2 cm³/mol. The number of nitrogens with zero attached hydrogens (tertiary/aromatic N) is 1. The molecule has 0 unspecified atom stereocenters. The number of carbonyl (C=O) groups excluding carboxylic acids is 1. The summed E-state index contributed by atoms with van der Waals surface area (Å²) in [6, 6.07) is 5.89. The van der Waals surface area contributed by atoms with Crippen molar-refractivity contribution in [2.75, 3.05) is 0 Å². The van der Waals surface area contributed by atoms with Gasteiger partial charge in [-0.1, -0.05) is 6.07 Å². The first-order valence-electron chi connectivity index (χ1n) is 4.43. The van der Waals surface area contributed by atoms with Crippen molar-refractivity contribution in [3.05, 3.63) is 35.7 Å². The Labute approximate surface area is 77.3 Å². The van der Waals surface area contributed by atoms with Gasteiger partial charge in [0.15, 0.2) is 5.78 Å². The molecular formula is C11H11NO. The van der Waals surface area contributed by atoms with Crippen LogP contribution in [0.15, 0.2) is 24.3 Å². The maximum atomic E-state index is 11.0. The molecule has 0 aromatic carbocycles. The largest absolute Gasteiger partial charge is 0.295 e. The first-order valence-corrected chi connectivity index (χ1v) is 4.43. The minimum absolute atomic E-state index is 0.221. The highest BCUT2D eigenvalue weighted by Gasteiger charge is 2.13. The Kier molecular flexibility index (Phi) is 1.97. The Morgan fingerprint density at radius 2 is 2.15 bits per heavy atom. The van der Waals surface area contributed by atoms with E-state index in [0.29, 0.717) is 6.42 Å². The molecule has 0 radical (unpaired) electrons. The zero-order chi connectivity index (χ0) is 9.26. The first-order chi connectivity index (χ1) is 6.25. The van der Waals surface area contributed by atoms with E-state index in [1.54, 1.807) is 6.08 Å². The summed E-state index contributed by atoms with van der Waals surface area (Å²) in [6.07, 6.45) is 3.20. The van der Waals surface area contributed by atoms with Gasteiger partial charge in [-0.15, -0.1) is 0 Å². The number of allylic oxidation sites excluding steroid dienone is 2. The molecule has 0 fully saturated rings.